The van der Waals surface area contributed by atoms with Crippen molar-refractivity contribution in [2.24, 2.45) is 0 Å². The molecule has 0 saturated heterocycles. The van der Waals surface area contributed by atoms with E-state index in [9.17, 15) is 4.79 Å². The Kier molecular flexibility index (Phi) is 5.45. The van der Waals surface area contributed by atoms with Crippen molar-refractivity contribution in [1.29, 1.82) is 0 Å². The van der Waals surface area contributed by atoms with Gasteiger partial charge in [0.1, 0.15) is 5.75 Å². The van der Waals surface area contributed by atoms with E-state index in [4.69, 9.17) is 9.84 Å². The fourth-order valence-electron chi connectivity index (χ4n) is 1.24. The molecule has 1 N–H and O–H groups in total. The molecule has 0 aliphatic carbocycles. The summed E-state index contributed by atoms with van der Waals surface area (Å²) >= 11 is 0. The first-order chi connectivity index (χ1) is 7.06. The molecule has 84 valence electrons. The van der Waals surface area contributed by atoms with Crippen molar-refractivity contribution < 1.29 is 14.6 Å². The van der Waals surface area contributed by atoms with E-state index in [1.165, 1.54) is 0 Å². The van der Waals surface area contributed by atoms with Crippen LogP contribution in [0.3, 0.4) is 0 Å². The zero-order valence-corrected chi connectivity index (χ0v) is 9.92. The van der Waals surface area contributed by atoms with Crippen molar-refractivity contribution in [1.82, 2.24) is 0 Å². The molecule has 15 heavy (non-hydrogen) atoms. The first kappa shape index (κ1) is 13.5. The normalized spacial score (nSPS) is 8.87. The van der Waals surface area contributed by atoms with Crippen molar-refractivity contribution in [3.05, 3.63) is 28.8 Å². The number of aryl methyl sites for hydroxylation is 2. The standard InChI is InChI=1S/C10H12O3.C2H6/c1-6-5-9(13-3)7(2)4-8(6)10(11)12;1-2/h4-5H,1-3H3,(H,11,12);1-2H3. The van der Waals surface area contributed by atoms with Crippen LogP contribution in [0.4, 0.5) is 0 Å². The zero-order valence-electron chi connectivity index (χ0n) is 9.92. The van der Waals surface area contributed by atoms with Gasteiger partial charge in [-0.2, -0.15) is 0 Å². The lowest BCUT2D eigenvalue weighted by molar-refractivity contribution is 0.0696. The number of aromatic carboxylic acids is 1. The van der Waals surface area contributed by atoms with E-state index in [-0.39, 0.29) is 0 Å². The van der Waals surface area contributed by atoms with Crippen molar-refractivity contribution in [3.63, 3.8) is 0 Å². The Morgan fingerprint density at radius 1 is 1.20 bits per heavy atom. The lowest BCUT2D eigenvalue weighted by Gasteiger charge is -2.07. The van der Waals surface area contributed by atoms with Gasteiger partial charge in [-0.15, -0.1) is 0 Å². The Morgan fingerprint density at radius 3 is 2.13 bits per heavy atom. The topological polar surface area (TPSA) is 46.5 Å². The molecule has 0 radical (unpaired) electrons. The van der Waals surface area contributed by atoms with Crippen molar-refractivity contribution in [3.8, 4) is 5.75 Å². The maximum atomic E-state index is 10.7. The molecule has 0 unspecified atom stereocenters. The zero-order chi connectivity index (χ0) is 12.0. The van der Waals surface area contributed by atoms with Crippen LogP contribution in [0, 0.1) is 13.8 Å². The number of carbonyl (C=O) groups is 1. The van der Waals surface area contributed by atoms with E-state index in [2.05, 4.69) is 0 Å². The smallest absolute Gasteiger partial charge is 0.335 e. The molecule has 0 aliphatic heterocycles. The van der Waals surface area contributed by atoms with Crippen LogP contribution < -0.4 is 4.74 Å². The average molecular weight is 210 g/mol. The average Bonchev–Trinajstić information content (AvgIpc) is 2.23. The summed E-state index contributed by atoms with van der Waals surface area (Å²) in [5, 5.41) is 8.81. The molecule has 0 aliphatic rings. The first-order valence-electron chi connectivity index (χ1n) is 4.94. The Bertz CT molecular complexity index is 343. The van der Waals surface area contributed by atoms with E-state index >= 15 is 0 Å². The van der Waals surface area contributed by atoms with Gasteiger partial charge in [-0.05, 0) is 37.1 Å². The maximum Gasteiger partial charge on any atom is 0.335 e. The SMILES string of the molecule is CC.COc1cc(C)c(C(=O)O)cc1C. The van der Waals surface area contributed by atoms with Gasteiger partial charge in [0.2, 0.25) is 0 Å². The molecule has 0 atom stereocenters. The minimum Gasteiger partial charge on any atom is -0.496 e. The third kappa shape index (κ3) is 3.27. The number of methoxy groups -OCH3 is 1. The summed E-state index contributed by atoms with van der Waals surface area (Å²) < 4.78 is 5.07. The molecule has 0 spiro atoms. The van der Waals surface area contributed by atoms with Crippen LogP contribution in [0.1, 0.15) is 35.3 Å². The Hall–Kier alpha value is -1.51. The summed E-state index contributed by atoms with van der Waals surface area (Å²) in [4.78, 5) is 10.7. The fourth-order valence-corrected chi connectivity index (χ4v) is 1.24. The van der Waals surface area contributed by atoms with E-state index in [0.29, 0.717) is 5.56 Å². The predicted octanol–water partition coefficient (Wildman–Crippen LogP) is 3.04. The summed E-state index contributed by atoms with van der Waals surface area (Å²) in [5.74, 6) is -0.175. The van der Waals surface area contributed by atoms with Gasteiger partial charge in [0.25, 0.3) is 0 Å². The molecule has 0 fully saturated rings. The van der Waals surface area contributed by atoms with E-state index in [0.717, 1.165) is 16.9 Å². The summed E-state index contributed by atoms with van der Waals surface area (Å²) in [6, 6.07) is 3.36. The minimum absolute atomic E-state index is 0.332. The highest BCUT2D eigenvalue weighted by Crippen LogP contribution is 2.22. The maximum absolute atomic E-state index is 10.7. The second kappa shape index (κ2) is 6.06. The molecule has 0 heterocycles. The summed E-state index contributed by atoms with van der Waals surface area (Å²) in [7, 11) is 1.57. The Morgan fingerprint density at radius 2 is 1.73 bits per heavy atom. The summed E-state index contributed by atoms with van der Waals surface area (Å²) in [6.45, 7) is 7.58. The molecule has 0 amide bonds. The van der Waals surface area contributed by atoms with Crippen LogP contribution in [0.15, 0.2) is 12.1 Å². The first-order valence-corrected chi connectivity index (χ1v) is 4.94. The molecule has 0 bridgehead atoms. The minimum atomic E-state index is -0.900. The number of carboxylic acids is 1. The third-order valence-electron chi connectivity index (χ3n) is 1.97. The summed E-state index contributed by atoms with van der Waals surface area (Å²) in [6.07, 6.45) is 0. The van der Waals surface area contributed by atoms with Crippen LogP contribution in [-0.4, -0.2) is 18.2 Å². The van der Waals surface area contributed by atoms with Gasteiger partial charge in [-0.25, -0.2) is 4.79 Å². The van der Waals surface area contributed by atoms with Crippen LogP contribution >= 0.6 is 0 Å². The van der Waals surface area contributed by atoms with Crippen molar-refractivity contribution in [2.75, 3.05) is 7.11 Å². The molecule has 0 aromatic heterocycles. The monoisotopic (exact) mass is 210 g/mol. The number of ether oxygens (including phenoxy) is 1. The number of rotatable bonds is 2. The van der Waals surface area contributed by atoms with Gasteiger partial charge in [0, 0.05) is 0 Å². The van der Waals surface area contributed by atoms with Gasteiger partial charge < -0.3 is 9.84 Å². The molecular weight excluding hydrogens is 192 g/mol. The summed E-state index contributed by atoms with van der Waals surface area (Å²) in [5.41, 5.74) is 1.89. The van der Waals surface area contributed by atoms with Gasteiger partial charge >= 0.3 is 5.97 Å². The van der Waals surface area contributed by atoms with Crippen LogP contribution in [0.25, 0.3) is 0 Å². The van der Waals surface area contributed by atoms with Gasteiger partial charge in [0.05, 0.1) is 12.7 Å². The molecule has 3 nitrogen and oxygen atoms in total. The number of benzene rings is 1. The quantitative estimate of drug-likeness (QED) is 0.816. The third-order valence-corrected chi connectivity index (χ3v) is 1.97. The van der Waals surface area contributed by atoms with E-state index in [1.807, 2.05) is 20.8 Å². The highest BCUT2D eigenvalue weighted by molar-refractivity contribution is 5.89. The van der Waals surface area contributed by atoms with E-state index in [1.54, 1.807) is 26.2 Å². The number of carboxylic acid groups (broad SMARTS) is 1. The Labute approximate surface area is 90.7 Å². The van der Waals surface area contributed by atoms with Gasteiger partial charge in [0.15, 0.2) is 0 Å². The van der Waals surface area contributed by atoms with Gasteiger partial charge in [-0.3, -0.25) is 0 Å². The lowest BCUT2D eigenvalue weighted by atomic mass is 10.0. The van der Waals surface area contributed by atoms with Crippen molar-refractivity contribution in [2.45, 2.75) is 27.7 Å². The van der Waals surface area contributed by atoms with Crippen molar-refractivity contribution >= 4 is 5.97 Å². The highest BCUT2D eigenvalue weighted by Gasteiger charge is 2.09. The van der Waals surface area contributed by atoms with Crippen LogP contribution in [-0.2, 0) is 0 Å². The van der Waals surface area contributed by atoms with Gasteiger partial charge in [-0.1, -0.05) is 13.8 Å². The predicted molar refractivity (Wildman–Crippen MR) is 60.8 cm³/mol. The molecule has 1 aromatic carbocycles. The molecular formula is C12H18O3. The molecule has 0 saturated carbocycles. The second-order valence-electron chi connectivity index (χ2n) is 2.94. The van der Waals surface area contributed by atoms with E-state index < -0.39 is 5.97 Å². The number of hydrogen-bond donors (Lipinski definition) is 1. The van der Waals surface area contributed by atoms with Crippen LogP contribution in [0.5, 0.6) is 5.75 Å². The largest absolute Gasteiger partial charge is 0.496 e. The molecule has 3 heteroatoms. The number of hydrogen-bond acceptors (Lipinski definition) is 2. The lowest BCUT2D eigenvalue weighted by Crippen LogP contribution is -2.01. The second-order valence-corrected chi connectivity index (χ2v) is 2.94. The fraction of sp³-hybridized carbons (Fsp3) is 0.417. The molecule has 1 rings (SSSR count). The molecule has 1 aromatic rings. The Balaban J connectivity index is 0.000000921. The van der Waals surface area contributed by atoms with Crippen LogP contribution in [0.2, 0.25) is 0 Å². The highest BCUT2D eigenvalue weighted by atomic mass is 16.5.